The fraction of sp³-hybridized carbons (Fsp3) is 0.600. The van der Waals surface area contributed by atoms with Crippen molar-refractivity contribution in [1.29, 1.82) is 0 Å². The fourth-order valence-electron chi connectivity index (χ4n) is 2.05. The van der Waals surface area contributed by atoms with E-state index in [1.807, 2.05) is 18.2 Å². The zero-order valence-electron chi connectivity index (χ0n) is 12.6. The van der Waals surface area contributed by atoms with Crippen LogP contribution in [0, 0.1) is 0 Å². The summed E-state index contributed by atoms with van der Waals surface area (Å²) in [5.74, 6) is 0. The molecule has 0 heterocycles. The second-order valence-corrected chi connectivity index (χ2v) is 5.59. The summed E-state index contributed by atoms with van der Waals surface area (Å²) in [5, 5.41) is 3.45. The Hall–Kier alpha value is -0.620. The lowest BCUT2D eigenvalue weighted by Gasteiger charge is -2.28. The van der Waals surface area contributed by atoms with E-state index in [0.29, 0.717) is 6.04 Å². The van der Waals surface area contributed by atoms with Gasteiger partial charge in [0.25, 0.3) is 0 Å². The highest BCUT2D eigenvalue weighted by atomic mass is 79.9. The molecule has 1 atom stereocenters. The molecule has 0 saturated heterocycles. The monoisotopic (exact) mass is 344 g/mol. The number of hydrogen-bond donors (Lipinski definition) is 1. The minimum absolute atomic E-state index is 0.385. The summed E-state index contributed by atoms with van der Waals surface area (Å²) in [6.45, 7) is 6.41. The largest absolute Gasteiger partial charge is 0.383 e. The minimum atomic E-state index is 0.385. The number of ether oxygens (including phenoxy) is 2. The van der Waals surface area contributed by atoms with Gasteiger partial charge in [0.1, 0.15) is 0 Å². The molecule has 1 N–H and O–H groups in total. The number of nitrogens with one attached hydrogen (secondary N) is 1. The van der Waals surface area contributed by atoms with Gasteiger partial charge in [-0.1, -0.05) is 12.1 Å². The second kappa shape index (κ2) is 10.2. The van der Waals surface area contributed by atoms with Crippen molar-refractivity contribution in [3.05, 3.63) is 28.7 Å². The molecule has 114 valence electrons. The maximum absolute atomic E-state index is 5.24. The SMILES string of the molecule is COCCN(CCNc1ccccc1Br)C(C)COC. The molecule has 0 radical (unpaired) electrons. The molecule has 1 unspecified atom stereocenters. The van der Waals surface area contributed by atoms with Crippen molar-refractivity contribution in [2.45, 2.75) is 13.0 Å². The lowest BCUT2D eigenvalue weighted by Crippen LogP contribution is -2.41. The van der Waals surface area contributed by atoms with E-state index in [0.717, 1.165) is 43.0 Å². The third-order valence-electron chi connectivity index (χ3n) is 3.20. The van der Waals surface area contributed by atoms with Gasteiger partial charge in [-0.05, 0) is 35.0 Å². The summed E-state index contributed by atoms with van der Waals surface area (Å²) in [6.07, 6.45) is 0. The topological polar surface area (TPSA) is 33.7 Å². The molecule has 0 aromatic heterocycles. The molecule has 0 amide bonds. The molecular formula is C15H25BrN2O2. The van der Waals surface area contributed by atoms with E-state index in [2.05, 4.69) is 39.1 Å². The molecular weight excluding hydrogens is 320 g/mol. The number of benzene rings is 1. The van der Waals surface area contributed by atoms with Gasteiger partial charge in [-0.25, -0.2) is 0 Å². The van der Waals surface area contributed by atoms with Crippen molar-refractivity contribution >= 4 is 21.6 Å². The van der Waals surface area contributed by atoms with Crippen LogP contribution in [0.1, 0.15) is 6.92 Å². The molecule has 20 heavy (non-hydrogen) atoms. The van der Waals surface area contributed by atoms with E-state index in [9.17, 15) is 0 Å². The zero-order chi connectivity index (χ0) is 14.8. The van der Waals surface area contributed by atoms with Gasteiger partial charge in [0.15, 0.2) is 0 Å². The van der Waals surface area contributed by atoms with E-state index < -0.39 is 0 Å². The van der Waals surface area contributed by atoms with Crippen LogP contribution >= 0.6 is 15.9 Å². The van der Waals surface area contributed by atoms with Crippen LogP contribution in [0.4, 0.5) is 5.69 Å². The summed E-state index contributed by atoms with van der Waals surface area (Å²) in [7, 11) is 3.48. The van der Waals surface area contributed by atoms with Crippen molar-refractivity contribution in [3.8, 4) is 0 Å². The molecule has 0 aliphatic rings. The zero-order valence-corrected chi connectivity index (χ0v) is 14.1. The van der Waals surface area contributed by atoms with Crippen molar-refractivity contribution in [3.63, 3.8) is 0 Å². The normalized spacial score (nSPS) is 12.7. The second-order valence-electron chi connectivity index (χ2n) is 4.74. The Balaban J connectivity index is 2.43. The number of rotatable bonds is 10. The molecule has 0 saturated carbocycles. The number of anilines is 1. The third kappa shape index (κ3) is 6.22. The first-order valence-corrected chi connectivity index (χ1v) is 7.68. The summed E-state index contributed by atoms with van der Waals surface area (Å²) < 4.78 is 11.5. The fourth-order valence-corrected chi connectivity index (χ4v) is 2.47. The highest BCUT2D eigenvalue weighted by Crippen LogP contribution is 2.20. The first kappa shape index (κ1) is 17.4. The summed E-state index contributed by atoms with van der Waals surface area (Å²) in [4.78, 5) is 2.37. The smallest absolute Gasteiger partial charge is 0.0615 e. The number of halogens is 1. The average molecular weight is 345 g/mol. The molecule has 1 aromatic rings. The average Bonchev–Trinajstić information content (AvgIpc) is 2.44. The van der Waals surface area contributed by atoms with Gasteiger partial charge < -0.3 is 14.8 Å². The van der Waals surface area contributed by atoms with Crippen molar-refractivity contribution in [1.82, 2.24) is 4.90 Å². The lowest BCUT2D eigenvalue weighted by molar-refractivity contribution is 0.0777. The van der Waals surface area contributed by atoms with Gasteiger partial charge in [0.2, 0.25) is 0 Å². The summed E-state index contributed by atoms with van der Waals surface area (Å²) in [6, 6.07) is 8.54. The van der Waals surface area contributed by atoms with Gasteiger partial charge in [0.05, 0.1) is 13.2 Å². The van der Waals surface area contributed by atoms with Crippen LogP contribution in [0.2, 0.25) is 0 Å². The number of methoxy groups -OCH3 is 2. The van der Waals surface area contributed by atoms with E-state index in [1.54, 1.807) is 14.2 Å². The molecule has 0 bridgehead atoms. The standard InChI is InChI=1S/C15H25BrN2O2/c1-13(12-20-3)18(10-11-19-2)9-8-17-15-7-5-4-6-14(15)16/h4-7,13,17H,8-12H2,1-3H3. The minimum Gasteiger partial charge on any atom is -0.383 e. The first-order chi connectivity index (χ1) is 9.69. The van der Waals surface area contributed by atoms with Crippen molar-refractivity contribution < 1.29 is 9.47 Å². The Bertz CT molecular complexity index is 377. The van der Waals surface area contributed by atoms with Crippen LogP contribution in [0.25, 0.3) is 0 Å². The number of para-hydroxylation sites is 1. The maximum atomic E-state index is 5.24. The predicted molar refractivity (Wildman–Crippen MR) is 87.4 cm³/mol. The highest BCUT2D eigenvalue weighted by Gasteiger charge is 2.13. The highest BCUT2D eigenvalue weighted by molar-refractivity contribution is 9.10. The molecule has 0 aliphatic carbocycles. The quantitative estimate of drug-likeness (QED) is 0.707. The van der Waals surface area contributed by atoms with E-state index in [-0.39, 0.29) is 0 Å². The third-order valence-corrected chi connectivity index (χ3v) is 3.89. The molecule has 1 rings (SSSR count). The van der Waals surface area contributed by atoms with E-state index >= 15 is 0 Å². The lowest BCUT2D eigenvalue weighted by atomic mass is 10.3. The number of hydrogen-bond acceptors (Lipinski definition) is 4. The van der Waals surface area contributed by atoms with Gasteiger partial charge in [-0.15, -0.1) is 0 Å². The van der Waals surface area contributed by atoms with Gasteiger partial charge >= 0.3 is 0 Å². The van der Waals surface area contributed by atoms with Gasteiger partial charge in [-0.2, -0.15) is 0 Å². The first-order valence-electron chi connectivity index (χ1n) is 6.89. The molecule has 0 fully saturated rings. The van der Waals surface area contributed by atoms with Gasteiger partial charge in [-0.3, -0.25) is 4.90 Å². The van der Waals surface area contributed by atoms with Crippen LogP contribution in [0.3, 0.4) is 0 Å². The Kier molecular flexibility index (Phi) is 8.85. The van der Waals surface area contributed by atoms with E-state index in [4.69, 9.17) is 9.47 Å². The van der Waals surface area contributed by atoms with Crippen LogP contribution in [0.15, 0.2) is 28.7 Å². The summed E-state index contributed by atoms with van der Waals surface area (Å²) in [5.41, 5.74) is 1.12. The molecule has 4 nitrogen and oxygen atoms in total. The predicted octanol–water partition coefficient (Wildman–Crippen LogP) is 2.84. The van der Waals surface area contributed by atoms with Crippen molar-refractivity contribution in [2.24, 2.45) is 0 Å². The Morgan fingerprint density at radius 1 is 1.20 bits per heavy atom. The number of nitrogens with zero attached hydrogens (tertiary/aromatic N) is 1. The Morgan fingerprint density at radius 2 is 1.95 bits per heavy atom. The van der Waals surface area contributed by atoms with Crippen LogP contribution in [-0.2, 0) is 9.47 Å². The van der Waals surface area contributed by atoms with Crippen molar-refractivity contribution in [2.75, 3.05) is 52.4 Å². The molecule has 0 aliphatic heterocycles. The Labute approximate surface area is 130 Å². The molecule has 1 aromatic carbocycles. The molecule has 0 spiro atoms. The van der Waals surface area contributed by atoms with Crippen LogP contribution < -0.4 is 5.32 Å². The maximum Gasteiger partial charge on any atom is 0.0615 e. The van der Waals surface area contributed by atoms with Crippen LogP contribution in [0.5, 0.6) is 0 Å². The summed E-state index contributed by atoms with van der Waals surface area (Å²) >= 11 is 3.54. The Morgan fingerprint density at radius 3 is 2.60 bits per heavy atom. The van der Waals surface area contributed by atoms with E-state index in [1.165, 1.54) is 0 Å². The molecule has 5 heteroatoms. The van der Waals surface area contributed by atoms with Crippen LogP contribution in [-0.4, -0.2) is 58.0 Å². The van der Waals surface area contributed by atoms with Gasteiger partial charge in [0, 0.05) is 50.1 Å².